The van der Waals surface area contributed by atoms with E-state index in [9.17, 15) is 9.59 Å². The van der Waals surface area contributed by atoms with Crippen LogP contribution in [0.5, 0.6) is 0 Å². The van der Waals surface area contributed by atoms with Crippen LogP contribution >= 0.6 is 0 Å². The van der Waals surface area contributed by atoms with Crippen LogP contribution in [0.15, 0.2) is 16.7 Å². The van der Waals surface area contributed by atoms with E-state index in [0.29, 0.717) is 30.3 Å². The molecule has 3 fully saturated rings. The highest BCUT2D eigenvalue weighted by Crippen LogP contribution is 2.38. The third-order valence-electron chi connectivity index (χ3n) is 6.17. The molecule has 6 heteroatoms. The van der Waals surface area contributed by atoms with Crippen LogP contribution in [-0.2, 0) is 9.53 Å². The van der Waals surface area contributed by atoms with Crippen LogP contribution in [0.4, 0.5) is 0 Å². The van der Waals surface area contributed by atoms with Crippen LogP contribution < -0.4 is 0 Å². The highest BCUT2D eigenvalue weighted by atomic mass is 16.5. The average molecular weight is 346 g/mol. The summed E-state index contributed by atoms with van der Waals surface area (Å²) >= 11 is 0. The largest absolute Gasteiger partial charge is 0.469 e. The van der Waals surface area contributed by atoms with Gasteiger partial charge in [0.2, 0.25) is 5.91 Å². The van der Waals surface area contributed by atoms with E-state index in [2.05, 4.69) is 6.92 Å². The number of ether oxygens (including phenoxy) is 1. The van der Waals surface area contributed by atoms with Gasteiger partial charge in [0.05, 0.1) is 23.5 Å². The van der Waals surface area contributed by atoms with E-state index in [4.69, 9.17) is 9.15 Å². The molecule has 1 atom stereocenters. The molecule has 1 aliphatic carbocycles. The Morgan fingerprint density at radius 3 is 2.64 bits per heavy atom. The number of carbonyl (C=O) groups excluding carboxylic acids is 2. The third kappa shape index (κ3) is 2.97. The number of hydrogen-bond donors (Lipinski definition) is 0. The predicted molar refractivity (Wildman–Crippen MR) is 91.2 cm³/mol. The molecule has 0 unspecified atom stereocenters. The second-order valence-corrected chi connectivity index (χ2v) is 7.70. The van der Waals surface area contributed by atoms with Crippen molar-refractivity contribution in [2.45, 2.75) is 51.2 Å². The van der Waals surface area contributed by atoms with E-state index < -0.39 is 0 Å². The van der Waals surface area contributed by atoms with E-state index in [-0.39, 0.29) is 30.1 Å². The van der Waals surface area contributed by atoms with Gasteiger partial charge in [-0.25, -0.2) is 0 Å². The number of nitrogens with zero attached hydrogens (tertiary/aromatic N) is 2. The Labute approximate surface area is 148 Å². The molecule has 1 spiro atoms. The highest BCUT2D eigenvalue weighted by molar-refractivity contribution is 5.95. The molecule has 0 N–H and O–H groups in total. The van der Waals surface area contributed by atoms with Gasteiger partial charge in [0.15, 0.2) is 0 Å². The lowest BCUT2D eigenvalue weighted by Crippen LogP contribution is -2.64. The number of hydrogen-bond acceptors (Lipinski definition) is 4. The van der Waals surface area contributed by atoms with Crippen molar-refractivity contribution in [3.8, 4) is 0 Å². The van der Waals surface area contributed by atoms with Crippen LogP contribution in [0.25, 0.3) is 0 Å². The standard InChI is InChI=1S/C19H26N2O4/c1-13-16(5-10-24-13)18(23)20-8-6-19(7-9-20)14(2)21(11-15-3-4-15)17(22)12-25-19/h5,10,14-15H,3-4,6-9,11-12H2,1-2H3/t14-/m0/s1. The Morgan fingerprint density at radius 1 is 1.32 bits per heavy atom. The average Bonchev–Trinajstić information content (AvgIpc) is 3.34. The van der Waals surface area contributed by atoms with E-state index >= 15 is 0 Å². The summed E-state index contributed by atoms with van der Waals surface area (Å²) in [4.78, 5) is 28.9. The third-order valence-corrected chi connectivity index (χ3v) is 6.17. The first-order valence-corrected chi connectivity index (χ1v) is 9.27. The number of furan rings is 1. The molecule has 1 aromatic rings. The van der Waals surface area contributed by atoms with Crippen molar-refractivity contribution in [2.75, 3.05) is 26.2 Å². The number of rotatable bonds is 3. The highest BCUT2D eigenvalue weighted by Gasteiger charge is 2.49. The van der Waals surface area contributed by atoms with E-state index in [1.165, 1.54) is 12.8 Å². The van der Waals surface area contributed by atoms with Crippen LogP contribution in [0.3, 0.4) is 0 Å². The first kappa shape index (κ1) is 16.6. The van der Waals surface area contributed by atoms with Gasteiger partial charge in [0, 0.05) is 19.6 Å². The number of carbonyl (C=O) groups is 2. The maximum atomic E-state index is 12.7. The van der Waals surface area contributed by atoms with Gasteiger partial charge in [0.1, 0.15) is 12.4 Å². The molecule has 0 radical (unpaired) electrons. The van der Waals surface area contributed by atoms with Crippen molar-refractivity contribution in [1.82, 2.24) is 9.80 Å². The summed E-state index contributed by atoms with van der Waals surface area (Å²) < 4.78 is 11.3. The number of piperidine rings is 1. The van der Waals surface area contributed by atoms with E-state index in [1.54, 1.807) is 12.3 Å². The summed E-state index contributed by atoms with van der Waals surface area (Å²) in [6.07, 6.45) is 5.56. The smallest absolute Gasteiger partial charge is 0.257 e. The fraction of sp³-hybridized carbons (Fsp3) is 0.684. The Balaban J connectivity index is 1.44. The molecule has 136 valence electrons. The van der Waals surface area contributed by atoms with Crippen molar-refractivity contribution in [3.63, 3.8) is 0 Å². The molecule has 6 nitrogen and oxygen atoms in total. The summed E-state index contributed by atoms with van der Waals surface area (Å²) in [7, 11) is 0. The van der Waals surface area contributed by atoms with Crippen LogP contribution in [-0.4, -0.2) is 59.5 Å². The second-order valence-electron chi connectivity index (χ2n) is 7.70. The normalized spacial score (nSPS) is 26.3. The molecule has 2 amide bonds. The first-order valence-electron chi connectivity index (χ1n) is 9.27. The van der Waals surface area contributed by atoms with Gasteiger partial charge >= 0.3 is 0 Å². The van der Waals surface area contributed by atoms with Gasteiger partial charge in [-0.05, 0) is 51.5 Å². The zero-order chi connectivity index (χ0) is 17.6. The maximum absolute atomic E-state index is 12.7. The zero-order valence-corrected chi connectivity index (χ0v) is 15.0. The van der Waals surface area contributed by atoms with Gasteiger partial charge < -0.3 is 19.0 Å². The number of morpholine rings is 1. The molecule has 0 bridgehead atoms. The first-order chi connectivity index (χ1) is 12.0. The van der Waals surface area contributed by atoms with Gasteiger partial charge in [-0.15, -0.1) is 0 Å². The maximum Gasteiger partial charge on any atom is 0.257 e. The van der Waals surface area contributed by atoms with Crippen molar-refractivity contribution >= 4 is 11.8 Å². The summed E-state index contributed by atoms with van der Waals surface area (Å²) in [5, 5.41) is 0. The van der Waals surface area contributed by atoms with E-state index in [1.807, 2.05) is 16.7 Å². The van der Waals surface area contributed by atoms with Crippen molar-refractivity contribution in [3.05, 3.63) is 23.7 Å². The topological polar surface area (TPSA) is 63.0 Å². The zero-order valence-electron chi connectivity index (χ0n) is 15.0. The Morgan fingerprint density at radius 2 is 2.04 bits per heavy atom. The SMILES string of the molecule is Cc1occc1C(=O)N1CCC2(CC1)OCC(=O)N(CC1CC1)[C@H]2C. The Hall–Kier alpha value is -1.82. The van der Waals surface area contributed by atoms with Gasteiger partial charge in [0.25, 0.3) is 5.91 Å². The van der Waals surface area contributed by atoms with Crippen LogP contribution in [0.1, 0.15) is 48.7 Å². The minimum Gasteiger partial charge on any atom is -0.469 e. The van der Waals surface area contributed by atoms with Crippen LogP contribution in [0.2, 0.25) is 0 Å². The molecular formula is C19H26N2O4. The molecule has 1 aromatic heterocycles. The molecule has 1 saturated carbocycles. The van der Waals surface area contributed by atoms with E-state index in [0.717, 1.165) is 19.4 Å². The quantitative estimate of drug-likeness (QED) is 0.842. The summed E-state index contributed by atoms with van der Waals surface area (Å²) in [6, 6.07) is 1.81. The van der Waals surface area contributed by atoms with Crippen molar-refractivity contribution < 1.29 is 18.7 Å². The molecule has 2 saturated heterocycles. The minimum absolute atomic E-state index is 0.0236. The molecule has 25 heavy (non-hydrogen) atoms. The van der Waals surface area contributed by atoms with Crippen molar-refractivity contribution in [2.24, 2.45) is 5.92 Å². The van der Waals surface area contributed by atoms with Crippen LogP contribution in [0, 0.1) is 12.8 Å². The lowest BCUT2D eigenvalue weighted by atomic mass is 9.82. The molecular weight excluding hydrogens is 320 g/mol. The predicted octanol–water partition coefficient (Wildman–Crippen LogP) is 2.22. The monoisotopic (exact) mass is 346 g/mol. The minimum atomic E-state index is -0.314. The molecule has 3 heterocycles. The fourth-order valence-corrected chi connectivity index (χ4v) is 4.18. The number of amides is 2. The lowest BCUT2D eigenvalue weighted by Gasteiger charge is -2.51. The summed E-state index contributed by atoms with van der Waals surface area (Å²) in [5.74, 6) is 1.47. The number of likely N-dealkylation sites (tertiary alicyclic amines) is 1. The molecule has 0 aromatic carbocycles. The number of aryl methyl sites for hydroxylation is 1. The Kier molecular flexibility index (Phi) is 4.10. The lowest BCUT2D eigenvalue weighted by molar-refractivity contribution is -0.185. The fourth-order valence-electron chi connectivity index (χ4n) is 4.18. The summed E-state index contributed by atoms with van der Waals surface area (Å²) in [5.41, 5.74) is 0.324. The second kappa shape index (κ2) is 6.16. The van der Waals surface area contributed by atoms with Crippen molar-refractivity contribution in [1.29, 1.82) is 0 Å². The van der Waals surface area contributed by atoms with Gasteiger partial charge in [-0.2, -0.15) is 0 Å². The molecule has 2 aliphatic heterocycles. The molecule has 3 aliphatic rings. The van der Waals surface area contributed by atoms with Gasteiger partial charge in [-0.1, -0.05) is 0 Å². The summed E-state index contributed by atoms with van der Waals surface area (Å²) in [6.45, 7) is 6.26. The van der Waals surface area contributed by atoms with Gasteiger partial charge in [-0.3, -0.25) is 9.59 Å². The molecule has 4 rings (SSSR count). The Bertz CT molecular complexity index is 671.